The highest BCUT2D eigenvalue weighted by molar-refractivity contribution is 6.05. The van der Waals surface area contributed by atoms with E-state index in [2.05, 4.69) is 20.3 Å². The Bertz CT molecular complexity index is 767. The van der Waals surface area contributed by atoms with Crippen LogP contribution in [0.3, 0.4) is 0 Å². The largest absolute Gasteiger partial charge is 0.432 e. The lowest BCUT2D eigenvalue weighted by Gasteiger charge is -2.03. The Morgan fingerprint density at radius 3 is 2.95 bits per heavy atom. The number of aromatic nitrogens is 3. The first-order valence-corrected chi connectivity index (χ1v) is 6.57. The number of aryl methyl sites for hydroxylation is 2. The maximum atomic E-state index is 8.83. The Kier molecular flexibility index (Phi) is 3.23. The predicted octanol–water partition coefficient (Wildman–Crippen LogP) is 2.18. The first-order valence-electron chi connectivity index (χ1n) is 6.57. The molecule has 0 aliphatic carbocycles. The molecule has 3 heterocycles. The molecule has 0 bridgehead atoms. The fourth-order valence-corrected chi connectivity index (χ4v) is 2.32. The molecule has 0 spiro atoms. The highest BCUT2D eigenvalue weighted by Crippen LogP contribution is 2.31. The van der Waals surface area contributed by atoms with Crippen molar-refractivity contribution in [3.05, 3.63) is 23.7 Å². The van der Waals surface area contributed by atoms with Crippen molar-refractivity contribution in [3.63, 3.8) is 0 Å². The number of nitrogens with zero attached hydrogens (tertiary/aromatic N) is 3. The van der Waals surface area contributed by atoms with Crippen LogP contribution in [0.5, 0.6) is 0 Å². The molecule has 0 amide bonds. The molecule has 104 valence electrons. The average molecular weight is 272 g/mol. The van der Waals surface area contributed by atoms with Crippen LogP contribution in [-0.2, 0) is 0 Å². The van der Waals surface area contributed by atoms with E-state index in [9.17, 15) is 0 Å². The van der Waals surface area contributed by atoms with E-state index in [1.54, 1.807) is 0 Å². The molecule has 0 radical (unpaired) electrons. The number of anilines is 1. The number of pyridine rings is 1. The van der Waals surface area contributed by atoms with Gasteiger partial charge in [0, 0.05) is 18.8 Å². The number of hydrogen-bond acceptors (Lipinski definition) is 6. The predicted molar refractivity (Wildman–Crippen MR) is 76.8 cm³/mol. The van der Waals surface area contributed by atoms with Gasteiger partial charge in [0.25, 0.3) is 0 Å². The van der Waals surface area contributed by atoms with Crippen LogP contribution in [0.1, 0.15) is 17.7 Å². The van der Waals surface area contributed by atoms with Crippen molar-refractivity contribution in [2.75, 3.05) is 18.5 Å². The van der Waals surface area contributed by atoms with Gasteiger partial charge in [-0.3, -0.25) is 0 Å². The number of fused-ring (bicyclic) bond motifs is 3. The summed E-state index contributed by atoms with van der Waals surface area (Å²) in [4.78, 5) is 12.9. The van der Waals surface area contributed by atoms with Crippen LogP contribution in [0.4, 0.5) is 5.82 Å². The second-order valence-corrected chi connectivity index (χ2v) is 4.77. The minimum atomic E-state index is 0.140. The van der Waals surface area contributed by atoms with E-state index >= 15 is 0 Å². The Morgan fingerprint density at radius 1 is 1.30 bits per heavy atom. The van der Waals surface area contributed by atoms with Crippen LogP contribution in [0.25, 0.3) is 22.2 Å². The van der Waals surface area contributed by atoms with Crippen LogP contribution in [-0.4, -0.2) is 33.2 Å². The van der Waals surface area contributed by atoms with Crippen LogP contribution < -0.4 is 5.32 Å². The summed E-state index contributed by atoms with van der Waals surface area (Å²) in [6, 6.07) is 2.01. The van der Waals surface area contributed by atoms with E-state index in [0.29, 0.717) is 30.1 Å². The summed E-state index contributed by atoms with van der Waals surface area (Å²) in [5.41, 5.74) is 3.97. The van der Waals surface area contributed by atoms with Crippen molar-refractivity contribution in [1.82, 2.24) is 15.0 Å². The quantitative estimate of drug-likeness (QED) is 0.708. The molecule has 0 saturated carbocycles. The minimum Gasteiger partial charge on any atom is -0.432 e. The highest BCUT2D eigenvalue weighted by Gasteiger charge is 2.16. The van der Waals surface area contributed by atoms with Crippen molar-refractivity contribution in [2.45, 2.75) is 20.3 Å². The van der Waals surface area contributed by atoms with Gasteiger partial charge in [0.05, 0.1) is 5.39 Å². The lowest BCUT2D eigenvalue weighted by Crippen LogP contribution is -2.05. The topological polar surface area (TPSA) is 84.1 Å². The van der Waals surface area contributed by atoms with Gasteiger partial charge in [0.1, 0.15) is 11.8 Å². The van der Waals surface area contributed by atoms with Crippen molar-refractivity contribution in [2.24, 2.45) is 0 Å². The summed E-state index contributed by atoms with van der Waals surface area (Å²) in [6.07, 6.45) is 2.17. The standard InChI is InChI=1S/C14H16N4O2/c1-8-6-9(2)18-14-10(8)11-12(20-14)13(17-7-16-11)15-4-3-5-19/h6-7,19H,3-5H2,1-2H3,(H,15,16,17). The van der Waals surface area contributed by atoms with Gasteiger partial charge in [-0.25, -0.2) is 15.0 Å². The monoisotopic (exact) mass is 272 g/mol. The molecule has 0 atom stereocenters. The van der Waals surface area contributed by atoms with E-state index in [1.807, 2.05) is 19.9 Å². The summed E-state index contributed by atoms with van der Waals surface area (Å²) in [5, 5.41) is 12.9. The smallest absolute Gasteiger partial charge is 0.229 e. The van der Waals surface area contributed by atoms with Crippen molar-refractivity contribution >= 4 is 28.0 Å². The Hall–Kier alpha value is -2.21. The van der Waals surface area contributed by atoms with Crippen molar-refractivity contribution in [3.8, 4) is 0 Å². The number of furan rings is 1. The maximum absolute atomic E-state index is 8.83. The van der Waals surface area contributed by atoms with Crippen LogP contribution in [0.15, 0.2) is 16.8 Å². The average Bonchev–Trinajstić information content (AvgIpc) is 2.78. The molecule has 0 unspecified atom stereocenters. The highest BCUT2D eigenvalue weighted by atomic mass is 16.3. The van der Waals surface area contributed by atoms with Gasteiger partial charge in [0.15, 0.2) is 11.4 Å². The summed E-state index contributed by atoms with van der Waals surface area (Å²) >= 11 is 0. The third kappa shape index (κ3) is 2.08. The fraction of sp³-hybridized carbons (Fsp3) is 0.357. The first-order chi connectivity index (χ1) is 9.70. The number of rotatable bonds is 4. The van der Waals surface area contributed by atoms with Crippen LogP contribution in [0, 0.1) is 13.8 Å². The summed E-state index contributed by atoms with van der Waals surface area (Å²) in [6.45, 7) is 4.73. The summed E-state index contributed by atoms with van der Waals surface area (Å²) in [7, 11) is 0. The molecule has 2 N–H and O–H groups in total. The number of aliphatic hydroxyl groups is 1. The Balaban J connectivity index is 2.17. The molecule has 6 heteroatoms. The van der Waals surface area contributed by atoms with Crippen LogP contribution in [0.2, 0.25) is 0 Å². The zero-order valence-electron chi connectivity index (χ0n) is 11.5. The second-order valence-electron chi connectivity index (χ2n) is 4.77. The second kappa shape index (κ2) is 5.05. The molecule has 0 aliphatic rings. The van der Waals surface area contributed by atoms with Gasteiger partial charge in [-0.1, -0.05) is 0 Å². The number of hydrogen-bond donors (Lipinski definition) is 2. The Labute approximate surface area is 115 Å². The minimum absolute atomic E-state index is 0.140. The molecule has 3 aromatic heterocycles. The van der Waals surface area contributed by atoms with Gasteiger partial charge in [-0.2, -0.15) is 0 Å². The van der Waals surface area contributed by atoms with E-state index in [-0.39, 0.29) is 6.61 Å². The third-order valence-corrected chi connectivity index (χ3v) is 3.18. The zero-order valence-corrected chi connectivity index (χ0v) is 11.5. The van der Waals surface area contributed by atoms with Crippen molar-refractivity contribution in [1.29, 1.82) is 0 Å². The first kappa shape index (κ1) is 12.8. The molecule has 0 aliphatic heterocycles. The normalized spacial score (nSPS) is 11.3. The molecular formula is C14H16N4O2. The van der Waals surface area contributed by atoms with E-state index in [4.69, 9.17) is 9.52 Å². The molecule has 6 nitrogen and oxygen atoms in total. The molecule has 0 fully saturated rings. The number of nitrogens with one attached hydrogen (secondary N) is 1. The fourth-order valence-electron chi connectivity index (χ4n) is 2.32. The lowest BCUT2D eigenvalue weighted by atomic mass is 10.1. The summed E-state index contributed by atoms with van der Waals surface area (Å²) in [5.74, 6) is 0.638. The molecule has 0 aromatic carbocycles. The van der Waals surface area contributed by atoms with Gasteiger partial charge < -0.3 is 14.8 Å². The van der Waals surface area contributed by atoms with E-state index in [1.165, 1.54) is 6.33 Å². The van der Waals surface area contributed by atoms with Gasteiger partial charge in [0.2, 0.25) is 5.71 Å². The lowest BCUT2D eigenvalue weighted by molar-refractivity contribution is 0.292. The van der Waals surface area contributed by atoms with Crippen LogP contribution >= 0.6 is 0 Å². The molecule has 20 heavy (non-hydrogen) atoms. The van der Waals surface area contributed by atoms with Gasteiger partial charge in [-0.15, -0.1) is 0 Å². The third-order valence-electron chi connectivity index (χ3n) is 3.18. The maximum Gasteiger partial charge on any atom is 0.229 e. The Morgan fingerprint density at radius 2 is 2.15 bits per heavy atom. The van der Waals surface area contributed by atoms with E-state index < -0.39 is 0 Å². The number of aliphatic hydroxyl groups excluding tert-OH is 1. The van der Waals surface area contributed by atoms with Gasteiger partial charge >= 0.3 is 0 Å². The molecule has 0 saturated heterocycles. The van der Waals surface area contributed by atoms with Gasteiger partial charge in [-0.05, 0) is 31.9 Å². The van der Waals surface area contributed by atoms with Crippen molar-refractivity contribution < 1.29 is 9.52 Å². The van der Waals surface area contributed by atoms with E-state index in [0.717, 1.165) is 22.2 Å². The SMILES string of the molecule is Cc1cc(C)c2c(n1)oc1c(NCCCO)ncnc12. The molecule has 3 rings (SSSR count). The molecular weight excluding hydrogens is 256 g/mol. The molecule has 3 aromatic rings. The summed E-state index contributed by atoms with van der Waals surface area (Å²) < 4.78 is 5.81. The zero-order chi connectivity index (χ0) is 14.1.